The summed E-state index contributed by atoms with van der Waals surface area (Å²) in [5.74, 6) is -3.19. The monoisotopic (exact) mass is 604 g/mol. The summed E-state index contributed by atoms with van der Waals surface area (Å²) < 4.78 is 42.1. The number of rotatable bonds is 5. The van der Waals surface area contributed by atoms with Gasteiger partial charge in [0.15, 0.2) is 16.8 Å². The SMILES string of the molecule is COC1C=CC(Cn2ncc(-c3nc(Cl)c(Cl)c(N4CCN(C(=O)OC(C)(C)C)CC(F)(F)C4)n3)c2Cl)=CC1. The standard InChI is InChI=1S/C25H29Cl3F2N6O3/c1-24(2,3)39-23(37)35-10-9-34(13-25(29,30)14-35)22-18(26)19(27)32-21(33-22)17-11-31-36(20(17)28)12-15-5-7-16(38-4)8-6-15/h5-7,11,16H,8-10,12-14H2,1-4H3. The summed E-state index contributed by atoms with van der Waals surface area (Å²) in [7, 11) is 1.65. The van der Waals surface area contributed by atoms with E-state index in [4.69, 9.17) is 44.3 Å². The highest BCUT2D eigenvalue weighted by Crippen LogP contribution is 2.36. The highest BCUT2D eigenvalue weighted by atomic mass is 35.5. The molecule has 0 bridgehead atoms. The molecule has 0 saturated carbocycles. The van der Waals surface area contributed by atoms with Crippen LogP contribution in [0.4, 0.5) is 19.4 Å². The Morgan fingerprint density at radius 2 is 1.92 bits per heavy atom. The minimum atomic E-state index is -3.28. The van der Waals surface area contributed by atoms with Gasteiger partial charge >= 0.3 is 6.09 Å². The summed E-state index contributed by atoms with van der Waals surface area (Å²) in [5, 5.41) is 4.39. The molecule has 3 heterocycles. The number of aromatic nitrogens is 4. The van der Waals surface area contributed by atoms with E-state index < -0.39 is 30.7 Å². The summed E-state index contributed by atoms with van der Waals surface area (Å²) in [4.78, 5) is 23.5. The minimum Gasteiger partial charge on any atom is -0.444 e. The molecule has 2 aromatic rings. The molecule has 2 aliphatic rings. The first kappa shape index (κ1) is 29.5. The van der Waals surface area contributed by atoms with Gasteiger partial charge in [-0.2, -0.15) is 5.10 Å². The Morgan fingerprint density at radius 1 is 1.18 bits per heavy atom. The molecule has 4 rings (SSSR count). The smallest absolute Gasteiger partial charge is 0.410 e. The summed E-state index contributed by atoms with van der Waals surface area (Å²) in [6.45, 7) is 3.84. The molecular weight excluding hydrogens is 577 g/mol. The maximum absolute atomic E-state index is 15.0. The average molecular weight is 606 g/mol. The Bertz CT molecular complexity index is 1290. The predicted molar refractivity (Wildman–Crippen MR) is 146 cm³/mol. The maximum Gasteiger partial charge on any atom is 0.410 e. The van der Waals surface area contributed by atoms with E-state index in [2.05, 4.69) is 15.1 Å². The topological polar surface area (TPSA) is 85.6 Å². The number of halogens is 5. The quantitative estimate of drug-likeness (QED) is 0.393. The number of amides is 1. The van der Waals surface area contributed by atoms with Crippen LogP contribution < -0.4 is 4.90 Å². The number of carbonyl (C=O) groups is 1. The number of hydrogen-bond acceptors (Lipinski definition) is 7. The number of ether oxygens (including phenoxy) is 2. The van der Waals surface area contributed by atoms with Crippen molar-refractivity contribution in [2.75, 3.05) is 38.2 Å². The van der Waals surface area contributed by atoms with Crippen molar-refractivity contribution in [2.24, 2.45) is 0 Å². The molecule has 9 nitrogen and oxygen atoms in total. The van der Waals surface area contributed by atoms with Gasteiger partial charge in [-0.05, 0) is 32.8 Å². The molecule has 0 N–H and O–H groups in total. The second-order valence-corrected chi connectivity index (χ2v) is 11.4. The Balaban J connectivity index is 1.59. The molecule has 2 aromatic heterocycles. The van der Waals surface area contributed by atoms with Crippen LogP contribution in [-0.4, -0.2) is 81.7 Å². The molecule has 0 aromatic carbocycles. The van der Waals surface area contributed by atoms with Crippen LogP contribution in [0.1, 0.15) is 27.2 Å². The van der Waals surface area contributed by atoms with Crippen LogP contribution in [0.15, 0.2) is 30.0 Å². The van der Waals surface area contributed by atoms with Crippen molar-refractivity contribution in [3.8, 4) is 11.4 Å². The van der Waals surface area contributed by atoms with Crippen LogP contribution >= 0.6 is 34.8 Å². The van der Waals surface area contributed by atoms with E-state index in [-0.39, 0.29) is 46.2 Å². The van der Waals surface area contributed by atoms with Gasteiger partial charge in [-0.3, -0.25) is 0 Å². The van der Waals surface area contributed by atoms with E-state index in [1.807, 2.05) is 18.2 Å². The molecule has 1 aliphatic carbocycles. The van der Waals surface area contributed by atoms with Gasteiger partial charge in [0.05, 0.1) is 37.5 Å². The molecule has 1 saturated heterocycles. The third-order valence-corrected chi connectivity index (χ3v) is 7.13. The molecule has 0 radical (unpaired) electrons. The van der Waals surface area contributed by atoms with Gasteiger partial charge in [0, 0.05) is 20.2 Å². The molecular formula is C25H29Cl3F2N6O3. The van der Waals surface area contributed by atoms with Crippen molar-refractivity contribution in [2.45, 2.75) is 51.4 Å². The normalized spacial score (nSPS) is 19.6. The number of nitrogens with zero attached hydrogens (tertiary/aromatic N) is 6. The molecule has 0 spiro atoms. The van der Waals surface area contributed by atoms with E-state index >= 15 is 0 Å². The van der Waals surface area contributed by atoms with E-state index in [1.165, 1.54) is 11.1 Å². The number of carbonyl (C=O) groups excluding carboxylic acids is 1. The molecule has 1 fully saturated rings. The minimum absolute atomic E-state index is 0.00438. The van der Waals surface area contributed by atoms with Crippen molar-refractivity contribution >= 4 is 46.7 Å². The zero-order valence-electron chi connectivity index (χ0n) is 21.9. The number of methoxy groups -OCH3 is 1. The van der Waals surface area contributed by atoms with Crippen LogP contribution in [0.25, 0.3) is 11.4 Å². The zero-order valence-corrected chi connectivity index (χ0v) is 24.2. The van der Waals surface area contributed by atoms with E-state index in [1.54, 1.807) is 32.6 Å². The van der Waals surface area contributed by atoms with Crippen molar-refractivity contribution in [1.29, 1.82) is 0 Å². The van der Waals surface area contributed by atoms with Gasteiger partial charge in [0.25, 0.3) is 5.92 Å². The summed E-state index contributed by atoms with van der Waals surface area (Å²) in [6.07, 6.45) is 7.38. The first-order valence-corrected chi connectivity index (χ1v) is 13.3. The molecule has 1 unspecified atom stereocenters. The van der Waals surface area contributed by atoms with Gasteiger partial charge < -0.3 is 19.3 Å². The predicted octanol–water partition coefficient (Wildman–Crippen LogP) is 5.89. The second kappa shape index (κ2) is 11.6. The second-order valence-electron chi connectivity index (χ2n) is 10.3. The molecule has 1 atom stereocenters. The number of alkyl halides is 2. The molecule has 212 valence electrons. The summed E-state index contributed by atoms with van der Waals surface area (Å²) >= 11 is 19.3. The third kappa shape index (κ3) is 7.19. The Labute approximate surface area is 240 Å². The first-order valence-electron chi connectivity index (χ1n) is 12.2. The summed E-state index contributed by atoms with van der Waals surface area (Å²) in [5.41, 5.74) is 0.539. The fourth-order valence-corrected chi connectivity index (χ4v) is 4.76. The Hall–Kier alpha value is -2.47. The lowest BCUT2D eigenvalue weighted by atomic mass is 10.1. The maximum atomic E-state index is 15.0. The van der Waals surface area contributed by atoms with Crippen LogP contribution in [0.5, 0.6) is 0 Å². The van der Waals surface area contributed by atoms with Crippen molar-refractivity contribution in [3.05, 3.63) is 45.3 Å². The number of hydrogen-bond donors (Lipinski definition) is 0. The lowest BCUT2D eigenvalue weighted by Crippen LogP contribution is -2.44. The zero-order chi connectivity index (χ0) is 28.5. The van der Waals surface area contributed by atoms with Crippen molar-refractivity contribution in [1.82, 2.24) is 24.6 Å². The van der Waals surface area contributed by atoms with Gasteiger partial charge in [-0.1, -0.05) is 53.0 Å². The van der Waals surface area contributed by atoms with E-state index in [0.717, 1.165) is 16.9 Å². The van der Waals surface area contributed by atoms with Crippen molar-refractivity contribution < 1.29 is 23.0 Å². The van der Waals surface area contributed by atoms with Crippen LogP contribution in [0, 0.1) is 0 Å². The highest BCUT2D eigenvalue weighted by molar-refractivity contribution is 6.43. The largest absolute Gasteiger partial charge is 0.444 e. The lowest BCUT2D eigenvalue weighted by Gasteiger charge is -2.27. The lowest BCUT2D eigenvalue weighted by molar-refractivity contribution is -0.0285. The van der Waals surface area contributed by atoms with Crippen LogP contribution in [0.2, 0.25) is 15.3 Å². The first-order chi connectivity index (χ1) is 18.3. The molecule has 1 amide bonds. The third-order valence-electron chi connectivity index (χ3n) is 6.02. The molecule has 14 heteroatoms. The molecule has 1 aliphatic heterocycles. The Kier molecular flexibility index (Phi) is 8.75. The molecule has 39 heavy (non-hydrogen) atoms. The van der Waals surface area contributed by atoms with Gasteiger partial charge in [0.1, 0.15) is 15.8 Å². The van der Waals surface area contributed by atoms with Gasteiger partial charge in [0.2, 0.25) is 0 Å². The fraction of sp³-hybridized carbons (Fsp3) is 0.520. The van der Waals surface area contributed by atoms with Gasteiger partial charge in [-0.25, -0.2) is 28.2 Å². The van der Waals surface area contributed by atoms with Crippen molar-refractivity contribution in [3.63, 3.8) is 0 Å². The van der Waals surface area contributed by atoms with Crippen LogP contribution in [0.3, 0.4) is 0 Å². The highest BCUT2D eigenvalue weighted by Gasteiger charge is 2.41. The van der Waals surface area contributed by atoms with E-state index in [9.17, 15) is 13.6 Å². The Morgan fingerprint density at radius 3 is 2.56 bits per heavy atom. The number of allylic oxidation sites excluding steroid dienone is 2. The number of anilines is 1. The van der Waals surface area contributed by atoms with E-state index in [0.29, 0.717) is 12.1 Å². The van der Waals surface area contributed by atoms with Gasteiger partial charge in [-0.15, -0.1) is 0 Å². The summed E-state index contributed by atoms with van der Waals surface area (Å²) in [6, 6.07) is 0. The average Bonchev–Trinajstić information content (AvgIpc) is 3.12. The van der Waals surface area contributed by atoms with Crippen LogP contribution in [-0.2, 0) is 16.0 Å². The fourth-order valence-electron chi connectivity index (χ4n) is 4.15.